The van der Waals surface area contributed by atoms with Gasteiger partial charge < -0.3 is 20.5 Å². The predicted molar refractivity (Wildman–Crippen MR) is 103 cm³/mol. The van der Waals surface area contributed by atoms with Crippen LogP contribution in [0.4, 0.5) is 0 Å². The Kier molecular flexibility index (Phi) is 8.44. The molecule has 1 aliphatic heterocycles. The van der Waals surface area contributed by atoms with Crippen LogP contribution < -0.4 is 20.5 Å². The number of nitrogens with zero attached hydrogens (tertiary/aromatic N) is 1. The normalized spacial score (nSPS) is 12.7. The molecule has 2 heterocycles. The van der Waals surface area contributed by atoms with Crippen molar-refractivity contribution in [2.45, 2.75) is 25.8 Å². The molecule has 0 spiro atoms. The van der Waals surface area contributed by atoms with Crippen molar-refractivity contribution in [2.75, 3.05) is 13.3 Å². The minimum Gasteiger partial charge on any atom is -0.454 e. The number of nitrogens with two attached hydrogens (primary N) is 1. The van der Waals surface area contributed by atoms with Crippen molar-refractivity contribution >= 4 is 42.1 Å². The van der Waals surface area contributed by atoms with Crippen LogP contribution in [0.5, 0.6) is 11.5 Å². The quantitative estimate of drug-likeness (QED) is 0.771. The van der Waals surface area contributed by atoms with Crippen molar-refractivity contribution in [3.05, 3.63) is 29.3 Å². The summed E-state index contributed by atoms with van der Waals surface area (Å²) in [6.07, 6.45) is 1.05. The zero-order valence-corrected chi connectivity index (χ0v) is 16.1. The topological polar surface area (TPSA) is 86.5 Å². The van der Waals surface area contributed by atoms with Crippen molar-refractivity contribution in [1.82, 2.24) is 10.3 Å². The number of amides is 1. The fourth-order valence-corrected chi connectivity index (χ4v) is 3.03. The number of nitrogens with one attached hydrogen (secondary N) is 1. The Bertz CT molecular complexity index is 710. The third kappa shape index (κ3) is 5.74. The van der Waals surface area contributed by atoms with Gasteiger partial charge in [-0.15, -0.1) is 36.2 Å². The number of aromatic nitrogens is 1. The molecule has 0 bridgehead atoms. The molecular formula is C16H21Cl2N3O3S. The largest absolute Gasteiger partial charge is 0.454 e. The second-order valence-electron chi connectivity index (χ2n) is 5.50. The van der Waals surface area contributed by atoms with E-state index >= 15 is 0 Å². The number of rotatable bonds is 6. The van der Waals surface area contributed by atoms with E-state index in [1.807, 2.05) is 30.5 Å². The maximum absolute atomic E-state index is 11.9. The van der Waals surface area contributed by atoms with E-state index in [0.29, 0.717) is 6.54 Å². The fraction of sp³-hybridized carbons (Fsp3) is 0.375. The van der Waals surface area contributed by atoms with Gasteiger partial charge in [0.1, 0.15) is 5.01 Å². The first-order valence-corrected chi connectivity index (χ1v) is 8.36. The van der Waals surface area contributed by atoms with E-state index < -0.39 is 0 Å². The number of thiazole rings is 1. The summed E-state index contributed by atoms with van der Waals surface area (Å²) in [5.41, 5.74) is 7.38. The smallest absolute Gasteiger partial charge is 0.231 e. The zero-order chi connectivity index (χ0) is 16.2. The molecule has 1 aliphatic rings. The molecule has 0 saturated carbocycles. The van der Waals surface area contributed by atoms with Gasteiger partial charge in [0.05, 0.1) is 12.1 Å². The third-order valence-electron chi connectivity index (χ3n) is 3.43. The molecule has 9 heteroatoms. The number of benzene rings is 1. The number of hydrogen-bond acceptors (Lipinski definition) is 6. The molecule has 0 saturated heterocycles. The molecule has 1 aromatic carbocycles. The summed E-state index contributed by atoms with van der Waals surface area (Å²) in [4.78, 5) is 16.4. The van der Waals surface area contributed by atoms with E-state index in [1.165, 1.54) is 11.3 Å². The highest BCUT2D eigenvalue weighted by Crippen LogP contribution is 2.36. The SMILES string of the molecule is CC(N)CCNC(=O)Cc1csc(-c2ccc3c(c2)OCO3)n1.Cl.Cl. The highest BCUT2D eigenvalue weighted by Gasteiger charge is 2.15. The van der Waals surface area contributed by atoms with Gasteiger partial charge in [-0.1, -0.05) is 0 Å². The lowest BCUT2D eigenvalue weighted by Crippen LogP contribution is -2.30. The fourth-order valence-electron chi connectivity index (χ4n) is 2.22. The van der Waals surface area contributed by atoms with Gasteiger partial charge in [0.25, 0.3) is 0 Å². The van der Waals surface area contributed by atoms with Crippen LogP contribution in [0.25, 0.3) is 10.6 Å². The first-order chi connectivity index (χ1) is 11.1. The van der Waals surface area contributed by atoms with Gasteiger partial charge in [0, 0.05) is 23.5 Å². The monoisotopic (exact) mass is 405 g/mol. The number of fused-ring (bicyclic) bond motifs is 1. The van der Waals surface area contributed by atoms with Crippen LogP contribution in [0, 0.1) is 0 Å². The average Bonchev–Trinajstić information content (AvgIpc) is 3.14. The van der Waals surface area contributed by atoms with Gasteiger partial charge in [-0.2, -0.15) is 0 Å². The van der Waals surface area contributed by atoms with Crippen molar-refractivity contribution in [1.29, 1.82) is 0 Å². The van der Waals surface area contributed by atoms with Gasteiger partial charge in [0.2, 0.25) is 12.7 Å². The van der Waals surface area contributed by atoms with Crippen LogP contribution in [0.15, 0.2) is 23.6 Å². The number of hydrogen-bond donors (Lipinski definition) is 2. The molecule has 0 fully saturated rings. The summed E-state index contributed by atoms with van der Waals surface area (Å²) in [5, 5.41) is 5.63. The first-order valence-electron chi connectivity index (χ1n) is 7.48. The first kappa shape index (κ1) is 21.5. The van der Waals surface area contributed by atoms with Crippen LogP contribution in [0.3, 0.4) is 0 Å². The molecule has 2 aromatic rings. The van der Waals surface area contributed by atoms with Crippen LogP contribution in [-0.2, 0) is 11.2 Å². The Labute approximate surface area is 162 Å². The predicted octanol–water partition coefficient (Wildman–Crippen LogP) is 2.78. The molecular weight excluding hydrogens is 385 g/mol. The molecule has 1 aromatic heterocycles. The van der Waals surface area contributed by atoms with Gasteiger partial charge in [0.15, 0.2) is 11.5 Å². The van der Waals surface area contributed by atoms with Crippen molar-refractivity contribution < 1.29 is 14.3 Å². The number of carbonyl (C=O) groups is 1. The zero-order valence-electron chi connectivity index (χ0n) is 13.7. The Morgan fingerprint density at radius 2 is 2.12 bits per heavy atom. The van der Waals surface area contributed by atoms with Crippen LogP contribution in [0.2, 0.25) is 0 Å². The van der Waals surface area contributed by atoms with Crippen LogP contribution >= 0.6 is 36.2 Å². The Morgan fingerprint density at radius 1 is 1.36 bits per heavy atom. The summed E-state index contributed by atoms with van der Waals surface area (Å²) >= 11 is 1.51. The van der Waals surface area contributed by atoms with Gasteiger partial charge in [-0.3, -0.25) is 4.79 Å². The summed E-state index contributed by atoms with van der Waals surface area (Å²) < 4.78 is 10.7. The highest BCUT2D eigenvalue weighted by atomic mass is 35.5. The minimum atomic E-state index is -0.0341. The number of halogens is 2. The molecule has 6 nitrogen and oxygen atoms in total. The molecule has 138 valence electrons. The standard InChI is InChI=1S/C16H19N3O3S.2ClH/c1-10(17)4-5-18-15(20)7-12-8-23-16(19-12)11-2-3-13-14(6-11)22-9-21-13;;/h2-3,6,8,10H,4-5,7,9,17H2,1H3,(H,18,20);2*1H. The molecule has 0 radical (unpaired) electrons. The summed E-state index contributed by atoms with van der Waals surface area (Å²) in [6, 6.07) is 5.82. The number of carbonyl (C=O) groups excluding carboxylic acids is 1. The van der Waals surface area contributed by atoms with Crippen molar-refractivity contribution in [2.24, 2.45) is 5.73 Å². The lowest BCUT2D eigenvalue weighted by Gasteiger charge is -2.06. The van der Waals surface area contributed by atoms with Crippen LogP contribution in [0.1, 0.15) is 19.0 Å². The Balaban J connectivity index is 0.00000156. The van der Waals surface area contributed by atoms with Crippen molar-refractivity contribution in [3.63, 3.8) is 0 Å². The van der Waals surface area contributed by atoms with Crippen LogP contribution in [-0.4, -0.2) is 30.3 Å². The molecule has 1 unspecified atom stereocenters. The maximum atomic E-state index is 11.9. The van der Waals surface area contributed by atoms with E-state index in [0.717, 1.165) is 34.2 Å². The highest BCUT2D eigenvalue weighted by molar-refractivity contribution is 7.13. The lowest BCUT2D eigenvalue weighted by atomic mass is 10.2. The van der Waals surface area contributed by atoms with Gasteiger partial charge >= 0.3 is 0 Å². The summed E-state index contributed by atoms with van der Waals surface area (Å²) in [6.45, 7) is 2.77. The molecule has 1 atom stereocenters. The summed E-state index contributed by atoms with van der Waals surface area (Å²) in [7, 11) is 0. The number of ether oxygens (including phenoxy) is 2. The molecule has 1 amide bonds. The van der Waals surface area contributed by atoms with E-state index in [4.69, 9.17) is 15.2 Å². The van der Waals surface area contributed by atoms with Gasteiger partial charge in [-0.25, -0.2) is 4.98 Å². The van der Waals surface area contributed by atoms with E-state index in [9.17, 15) is 4.79 Å². The Hall–Kier alpha value is -1.54. The van der Waals surface area contributed by atoms with E-state index in [-0.39, 0.29) is 50.0 Å². The second kappa shape index (κ2) is 9.82. The van der Waals surface area contributed by atoms with E-state index in [2.05, 4.69) is 10.3 Å². The second-order valence-corrected chi connectivity index (χ2v) is 6.36. The molecule has 3 N–H and O–H groups in total. The summed E-state index contributed by atoms with van der Waals surface area (Å²) in [5.74, 6) is 1.44. The minimum absolute atomic E-state index is 0. The maximum Gasteiger partial charge on any atom is 0.231 e. The van der Waals surface area contributed by atoms with Crippen molar-refractivity contribution in [3.8, 4) is 22.1 Å². The van der Waals surface area contributed by atoms with Gasteiger partial charge in [-0.05, 0) is 31.5 Å². The average molecular weight is 406 g/mol. The molecule has 3 rings (SSSR count). The Morgan fingerprint density at radius 3 is 2.88 bits per heavy atom. The molecule has 0 aliphatic carbocycles. The van der Waals surface area contributed by atoms with E-state index in [1.54, 1.807) is 0 Å². The third-order valence-corrected chi connectivity index (χ3v) is 4.37. The molecule has 25 heavy (non-hydrogen) atoms. The lowest BCUT2D eigenvalue weighted by molar-refractivity contribution is -0.120.